The standard InChI is InChI=1S/C11H24N2O/c1-3-7-12-10(6-8-14)9-13(2)11-4-5-11/h10-12,14H,3-9H2,1-2H3. The summed E-state index contributed by atoms with van der Waals surface area (Å²) in [7, 11) is 2.19. The molecule has 0 aliphatic heterocycles. The number of rotatable bonds is 8. The third kappa shape index (κ3) is 4.40. The zero-order valence-corrected chi connectivity index (χ0v) is 9.50. The Morgan fingerprint density at radius 1 is 1.50 bits per heavy atom. The number of likely N-dealkylation sites (N-methyl/N-ethyl adjacent to an activating group) is 1. The number of nitrogens with zero attached hydrogens (tertiary/aromatic N) is 1. The van der Waals surface area contributed by atoms with E-state index in [1.165, 1.54) is 12.8 Å². The fourth-order valence-corrected chi connectivity index (χ4v) is 1.77. The molecule has 0 bridgehead atoms. The van der Waals surface area contributed by atoms with E-state index in [4.69, 9.17) is 5.11 Å². The van der Waals surface area contributed by atoms with Gasteiger partial charge in [0.05, 0.1) is 0 Å². The summed E-state index contributed by atoms with van der Waals surface area (Å²) in [5.74, 6) is 0. The smallest absolute Gasteiger partial charge is 0.0446 e. The highest BCUT2D eigenvalue weighted by Gasteiger charge is 2.27. The average molecular weight is 200 g/mol. The predicted octanol–water partition coefficient (Wildman–Crippen LogP) is 0.831. The molecule has 1 unspecified atom stereocenters. The van der Waals surface area contributed by atoms with Crippen molar-refractivity contribution < 1.29 is 5.11 Å². The van der Waals surface area contributed by atoms with E-state index < -0.39 is 0 Å². The normalized spacial score (nSPS) is 18.9. The highest BCUT2D eigenvalue weighted by atomic mass is 16.3. The van der Waals surface area contributed by atoms with Gasteiger partial charge in [-0.25, -0.2) is 0 Å². The molecule has 14 heavy (non-hydrogen) atoms. The lowest BCUT2D eigenvalue weighted by molar-refractivity contribution is 0.225. The monoisotopic (exact) mass is 200 g/mol. The second-order valence-corrected chi connectivity index (χ2v) is 4.33. The number of hydrogen-bond acceptors (Lipinski definition) is 3. The van der Waals surface area contributed by atoms with Crippen molar-refractivity contribution >= 4 is 0 Å². The van der Waals surface area contributed by atoms with Crippen LogP contribution < -0.4 is 5.32 Å². The Morgan fingerprint density at radius 2 is 2.21 bits per heavy atom. The van der Waals surface area contributed by atoms with E-state index in [0.717, 1.165) is 32.0 Å². The second-order valence-electron chi connectivity index (χ2n) is 4.33. The Labute approximate surface area is 87.5 Å². The summed E-state index contributed by atoms with van der Waals surface area (Å²) in [5.41, 5.74) is 0. The van der Waals surface area contributed by atoms with Crippen LogP contribution in [0.3, 0.4) is 0 Å². The van der Waals surface area contributed by atoms with Gasteiger partial charge in [-0.05, 0) is 39.3 Å². The lowest BCUT2D eigenvalue weighted by Gasteiger charge is -2.24. The van der Waals surface area contributed by atoms with E-state index in [2.05, 4.69) is 24.2 Å². The first-order valence-corrected chi connectivity index (χ1v) is 5.82. The molecule has 1 saturated carbocycles. The fourth-order valence-electron chi connectivity index (χ4n) is 1.77. The van der Waals surface area contributed by atoms with Gasteiger partial charge < -0.3 is 15.3 Å². The fraction of sp³-hybridized carbons (Fsp3) is 1.00. The van der Waals surface area contributed by atoms with Crippen LogP contribution in [0.2, 0.25) is 0 Å². The summed E-state index contributed by atoms with van der Waals surface area (Å²) in [6.07, 6.45) is 4.75. The molecule has 84 valence electrons. The van der Waals surface area contributed by atoms with Gasteiger partial charge in [0.15, 0.2) is 0 Å². The second kappa shape index (κ2) is 6.38. The summed E-state index contributed by atoms with van der Waals surface area (Å²) >= 11 is 0. The van der Waals surface area contributed by atoms with Gasteiger partial charge in [0, 0.05) is 25.2 Å². The Hall–Kier alpha value is -0.120. The van der Waals surface area contributed by atoms with Crippen molar-refractivity contribution in [3.63, 3.8) is 0 Å². The zero-order valence-electron chi connectivity index (χ0n) is 9.50. The van der Waals surface area contributed by atoms with Crippen molar-refractivity contribution in [3.8, 4) is 0 Å². The Morgan fingerprint density at radius 3 is 2.71 bits per heavy atom. The van der Waals surface area contributed by atoms with Crippen LogP contribution in [0.15, 0.2) is 0 Å². The minimum absolute atomic E-state index is 0.292. The van der Waals surface area contributed by atoms with Gasteiger partial charge in [-0.2, -0.15) is 0 Å². The first-order valence-electron chi connectivity index (χ1n) is 5.82. The third-order valence-electron chi connectivity index (χ3n) is 2.84. The van der Waals surface area contributed by atoms with E-state index in [1.807, 2.05) is 0 Å². The van der Waals surface area contributed by atoms with Crippen LogP contribution in [-0.2, 0) is 0 Å². The Kier molecular flexibility index (Phi) is 5.45. The molecule has 3 heteroatoms. The van der Waals surface area contributed by atoms with Crippen LogP contribution in [0, 0.1) is 0 Å². The molecular formula is C11H24N2O. The zero-order chi connectivity index (χ0) is 10.4. The maximum atomic E-state index is 8.94. The molecule has 1 aliphatic rings. The summed E-state index contributed by atoms with van der Waals surface area (Å²) in [4.78, 5) is 2.42. The highest BCUT2D eigenvalue weighted by molar-refractivity contribution is 4.84. The van der Waals surface area contributed by atoms with Gasteiger partial charge in [-0.1, -0.05) is 6.92 Å². The number of aliphatic hydroxyl groups is 1. The average Bonchev–Trinajstić information content (AvgIpc) is 2.97. The number of nitrogens with one attached hydrogen (secondary N) is 1. The first-order chi connectivity index (χ1) is 6.77. The third-order valence-corrected chi connectivity index (χ3v) is 2.84. The van der Waals surface area contributed by atoms with Crippen molar-refractivity contribution in [1.82, 2.24) is 10.2 Å². The van der Waals surface area contributed by atoms with Crippen molar-refractivity contribution in [2.75, 3.05) is 26.7 Å². The van der Waals surface area contributed by atoms with Gasteiger partial charge >= 0.3 is 0 Å². The lowest BCUT2D eigenvalue weighted by atomic mass is 10.2. The van der Waals surface area contributed by atoms with Crippen molar-refractivity contribution in [1.29, 1.82) is 0 Å². The Bertz CT molecular complexity index is 148. The van der Waals surface area contributed by atoms with Crippen molar-refractivity contribution in [2.45, 2.75) is 44.7 Å². The van der Waals surface area contributed by atoms with Gasteiger partial charge in [-0.3, -0.25) is 0 Å². The minimum atomic E-state index is 0.292. The first kappa shape index (κ1) is 12.0. The summed E-state index contributed by atoms with van der Waals surface area (Å²) < 4.78 is 0. The van der Waals surface area contributed by atoms with E-state index in [0.29, 0.717) is 12.6 Å². The Balaban J connectivity index is 2.18. The molecule has 0 saturated heterocycles. The maximum Gasteiger partial charge on any atom is 0.0446 e. The predicted molar refractivity (Wildman–Crippen MR) is 59.4 cm³/mol. The van der Waals surface area contributed by atoms with Gasteiger partial charge in [0.1, 0.15) is 0 Å². The summed E-state index contributed by atoms with van der Waals surface area (Å²) in [5, 5.41) is 12.4. The van der Waals surface area contributed by atoms with Crippen LogP contribution >= 0.6 is 0 Å². The molecule has 0 radical (unpaired) electrons. The quantitative estimate of drug-likeness (QED) is 0.609. The molecule has 1 atom stereocenters. The molecule has 2 N–H and O–H groups in total. The lowest BCUT2D eigenvalue weighted by Crippen LogP contribution is -2.41. The molecule has 1 rings (SSSR count). The molecular weight excluding hydrogens is 176 g/mol. The van der Waals surface area contributed by atoms with Crippen LogP contribution in [0.4, 0.5) is 0 Å². The summed E-state index contributed by atoms with van der Waals surface area (Å²) in [6, 6.07) is 1.28. The van der Waals surface area contributed by atoms with E-state index in [-0.39, 0.29) is 0 Å². The van der Waals surface area contributed by atoms with Crippen LogP contribution in [0.5, 0.6) is 0 Å². The molecule has 0 aromatic rings. The summed E-state index contributed by atoms with van der Waals surface area (Å²) in [6.45, 7) is 4.60. The molecule has 1 aliphatic carbocycles. The van der Waals surface area contributed by atoms with Crippen molar-refractivity contribution in [2.24, 2.45) is 0 Å². The highest BCUT2D eigenvalue weighted by Crippen LogP contribution is 2.25. The van der Waals surface area contributed by atoms with Crippen LogP contribution in [0.25, 0.3) is 0 Å². The number of aliphatic hydroxyl groups excluding tert-OH is 1. The van der Waals surface area contributed by atoms with Crippen LogP contribution in [0.1, 0.15) is 32.6 Å². The molecule has 1 fully saturated rings. The van der Waals surface area contributed by atoms with Gasteiger partial charge in [0.2, 0.25) is 0 Å². The van der Waals surface area contributed by atoms with Gasteiger partial charge in [-0.15, -0.1) is 0 Å². The molecule has 0 heterocycles. The van der Waals surface area contributed by atoms with Gasteiger partial charge in [0.25, 0.3) is 0 Å². The number of hydrogen-bond donors (Lipinski definition) is 2. The molecule has 0 aromatic heterocycles. The van der Waals surface area contributed by atoms with Crippen LogP contribution in [-0.4, -0.2) is 48.8 Å². The minimum Gasteiger partial charge on any atom is -0.396 e. The largest absolute Gasteiger partial charge is 0.396 e. The molecule has 0 amide bonds. The maximum absolute atomic E-state index is 8.94. The SMILES string of the molecule is CCCNC(CCO)CN(C)C1CC1. The van der Waals surface area contributed by atoms with E-state index in [1.54, 1.807) is 0 Å². The molecule has 3 nitrogen and oxygen atoms in total. The van der Waals surface area contributed by atoms with E-state index in [9.17, 15) is 0 Å². The molecule has 0 spiro atoms. The van der Waals surface area contributed by atoms with E-state index >= 15 is 0 Å². The van der Waals surface area contributed by atoms with Crippen molar-refractivity contribution in [3.05, 3.63) is 0 Å². The molecule has 0 aromatic carbocycles. The topological polar surface area (TPSA) is 35.5 Å².